The van der Waals surface area contributed by atoms with Gasteiger partial charge in [0.05, 0.1) is 4.92 Å². The summed E-state index contributed by atoms with van der Waals surface area (Å²) in [4.78, 5) is 21.0. The van der Waals surface area contributed by atoms with Crippen LogP contribution in [0.1, 0.15) is 0 Å². The van der Waals surface area contributed by atoms with E-state index in [0.717, 1.165) is 12.1 Å². The van der Waals surface area contributed by atoms with Gasteiger partial charge in [-0.3, -0.25) is 14.9 Å². The third kappa shape index (κ3) is 4.68. The number of benzene rings is 1. The van der Waals surface area contributed by atoms with Crippen molar-refractivity contribution in [3.8, 4) is 0 Å². The molecular weight excluding hydrogens is 349 g/mol. The molecule has 110 valence electrons. The highest BCUT2D eigenvalue weighted by atomic mass is 79.9. The molecule has 0 spiro atoms. The second-order valence-corrected chi connectivity index (χ2v) is 4.67. The number of carboxylic acid groups (broad SMARTS) is 1. The molecule has 0 heterocycles. The number of rotatable bonds is 5. The lowest BCUT2D eigenvalue weighted by atomic mass is 10.2. The fraction of sp³-hybridized carbons (Fsp3) is 0.300. The van der Waals surface area contributed by atoms with Crippen molar-refractivity contribution < 1.29 is 28.0 Å². The lowest BCUT2D eigenvalue weighted by Gasteiger charge is -2.23. The van der Waals surface area contributed by atoms with Crippen LogP contribution in [0, 0.1) is 10.1 Å². The van der Waals surface area contributed by atoms with Gasteiger partial charge in [0.2, 0.25) is 0 Å². The van der Waals surface area contributed by atoms with Crippen molar-refractivity contribution in [3.05, 3.63) is 32.8 Å². The average Bonchev–Trinajstić information content (AvgIpc) is 2.24. The number of nitro benzene ring substituents is 1. The average molecular weight is 357 g/mol. The first-order valence-corrected chi connectivity index (χ1v) is 5.87. The van der Waals surface area contributed by atoms with Gasteiger partial charge in [0.1, 0.15) is 18.8 Å². The Bertz CT molecular complexity index is 536. The molecule has 1 aromatic rings. The smallest absolute Gasteiger partial charge is 0.405 e. The van der Waals surface area contributed by atoms with Gasteiger partial charge >= 0.3 is 12.1 Å². The number of carbonyl (C=O) groups is 1. The van der Waals surface area contributed by atoms with Crippen LogP contribution in [0.4, 0.5) is 24.5 Å². The summed E-state index contributed by atoms with van der Waals surface area (Å²) in [5.41, 5.74) is -1.01. The zero-order valence-electron chi connectivity index (χ0n) is 9.72. The largest absolute Gasteiger partial charge is 0.480 e. The predicted molar refractivity (Wildman–Crippen MR) is 66.7 cm³/mol. The van der Waals surface area contributed by atoms with Crippen LogP contribution in [-0.2, 0) is 4.79 Å². The zero-order valence-corrected chi connectivity index (χ0v) is 11.3. The number of nitro groups is 1. The van der Waals surface area contributed by atoms with Crippen LogP contribution in [0.15, 0.2) is 22.7 Å². The molecule has 10 heteroatoms. The highest BCUT2D eigenvalue weighted by Gasteiger charge is 2.34. The number of hydrogen-bond donors (Lipinski definition) is 1. The van der Waals surface area contributed by atoms with Gasteiger partial charge in [0.25, 0.3) is 5.69 Å². The summed E-state index contributed by atoms with van der Waals surface area (Å²) in [6.07, 6.45) is -4.69. The number of carboxylic acids is 1. The van der Waals surface area contributed by atoms with Crippen LogP contribution in [0.5, 0.6) is 0 Å². The summed E-state index contributed by atoms with van der Waals surface area (Å²) in [5, 5.41) is 19.5. The van der Waals surface area contributed by atoms with Crippen molar-refractivity contribution >= 4 is 33.3 Å². The standard InChI is InChI=1S/C10H8BrF3N2O4/c11-6-1-2-7(16(19)20)8(3-6)15(4-9(17)18)5-10(12,13)14/h1-3H,4-5H2,(H,17,18). The van der Waals surface area contributed by atoms with E-state index in [9.17, 15) is 28.1 Å². The second kappa shape index (κ2) is 6.07. The van der Waals surface area contributed by atoms with Crippen LogP contribution in [-0.4, -0.2) is 35.3 Å². The van der Waals surface area contributed by atoms with Crippen LogP contribution < -0.4 is 4.90 Å². The Morgan fingerprint density at radius 2 is 2.05 bits per heavy atom. The molecule has 0 aliphatic carbocycles. The molecule has 0 aromatic heterocycles. The fourth-order valence-corrected chi connectivity index (χ4v) is 1.86. The Morgan fingerprint density at radius 1 is 1.45 bits per heavy atom. The molecule has 1 N–H and O–H groups in total. The summed E-state index contributed by atoms with van der Waals surface area (Å²) in [6.45, 7) is -2.60. The van der Waals surface area contributed by atoms with Crippen molar-refractivity contribution in [1.29, 1.82) is 0 Å². The molecule has 0 aliphatic rings. The predicted octanol–water partition coefficient (Wildman–Crippen LogP) is 2.81. The van der Waals surface area contributed by atoms with E-state index in [1.54, 1.807) is 0 Å². The van der Waals surface area contributed by atoms with Crippen LogP contribution in [0.25, 0.3) is 0 Å². The minimum absolute atomic E-state index is 0.302. The number of hydrogen-bond acceptors (Lipinski definition) is 4. The monoisotopic (exact) mass is 356 g/mol. The van der Waals surface area contributed by atoms with E-state index >= 15 is 0 Å². The summed E-state index contributed by atoms with van der Waals surface area (Å²) in [6, 6.07) is 3.37. The third-order valence-corrected chi connectivity index (χ3v) is 2.66. The van der Waals surface area contributed by atoms with E-state index in [1.165, 1.54) is 6.07 Å². The lowest BCUT2D eigenvalue weighted by molar-refractivity contribution is -0.384. The van der Waals surface area contributed by atoms with Crippen molar-refractivity contribution in [1.82, 2.24) is 0 Å². The quantitative estimate of drug-likeness (QED) is 0.647. The van der Waals surface area contributed by atoms with E-state index in [-0.39, 0.29) is 0 Å². The first-order chi connectivity index (χ1) is 9.10. The Morgan fingerprint density at radius 3 is 2.50 bits per heavy atom. The minimum Gasteiger partial charge on any atom is -0.480 e. The van der Waals surface area contributed by atoms with Gasteiger partial charge in [-0.05, 0) is 12.1 Å². The Labute approximate surface area is 119 Å². The Balaban J connectivity index is 3.28. The maximum Gasteiger partial charge on any atom is 0.405 e. The molecule has 1 aromatic carbocycles. The van der Waals surface area contributed by atoms with Crippen LogP contribution >= 0.6 is 15.9 Å². The fourth-order valence-electron chi connectivity index (χ4n) is 1.51. The molecular formula is C10H8BrF3N2O4. The number of alkyl halides is 3. The van der Waals surface area contributed by atoms with Gasteiger partial charge in [-0.25, -0.2) is 0 Å². The normalized spacial score (nSPS) is 11.2. The maximum absolute atomic E-state index is 12.5. The van der Waals surface area contributed by atoms with Crippen LogP contribution in [0.3, 0.4) is 0 Å². The van der Waals surface area contributed by atoms with Crippen molar-refractivity contribution in [3.63, 3.8) is 0 Å². The van der Waals surface area contributed by atoms with Gasteiger partial charge < -0.3 is 10.0 Å². The molecule has 0 bridgehead atoms. The summed E-state index contributed by atoms with van der Waals surface area (Å²) in [7, 11) is 0. The molecule has 6 nitrogen and oxygen atoms in total. The van der Waals surface area contributed by atoms with Crippen LogP contribution in [0.2, 0.25) is 0 Å². The third-order valence-electron chi connectivity index (χ3n) is 2.17. The topological polar surface area (TPSA) is 83.7 Å². The molecule has 0 radical (unpaired) electrons. The zero-order chi connectivity index (χ0) is 15.5. The van der Waals surface area contributed by atoms with E-state index in [0.29, 0.717) is 9.37 Å². The minimum atomic E-state index is -4.69. The first kappa shape index (κ1) is 16.2. The van der Waals surface area contributed by atoms with Gasteiger partial charge in [-0.2, -0.15) is 13.2 Å². The summed E-state index contributed by atoms with van der Waals surface area (Å²) < 4.78 is 37.7. The van der Waals surface area contributed by atoms with Gasteiger partial charge in [0.15, 0.2) is 0 Å². The number of nitrogens with zero attached hydrogens (tertiary/aromatic N) is 2. The van der Waals surface area contributed by atoms with Crippen molar-refractivity contribution in [2.45, 2.75) is 6.18 Å². The number of halogens is 4. The first-order valence-electron chi connectivity index (χ1n) is 5.07. The molecule has 1 rings (SSSR count). The van der Waals surface area contributed by atoms with Gasteiger partial charge in [-0.15, -0.1) is 0 Å². The summed E-state index contributed by atoms with van der Waals surface area (Å²) >= 11 is 2.98. The maximum atomic E-state index is 12.5. The molecule has 0 amide bonds. The Kier molecular flexibility index (Phi) is 4.93. The van der Waals surface area contributed by atoms with E-state index in [1.807, 2.05) is 0 Å². The Hall–Kier alpha value is -1.84. The highest BCUT2D eigenvalue weighted by molar-refractivity contribution is 9.10. The molecule has 0 atom stereocenters. The van der Waals surface area contributed by atoms with Crippen molar-refractivity contribution in [2.75, 3.05) is 18.0 Å². The SMILES string of the molecule is O=C(O)CN(CC(F)(F)F)c1cc(Br)ccc1[N+](=O)[O-]. The van der Waals surface area contributed by atoms with E-state index in [2.05, 4.69) is 15.9 Å². The van der Waals surface area contributed by atoms with Gasteiger partial charge in [0, 0.05) is 10.5 Å². The molecule has 0 fully saturated rings. The molecule has 0 saturated heterocycles. The highest BCUT2D eigenvalue weighted by Crippen LogP contribution is 2.33. The second-order valence-electron chi connectivity index (χ2n) is 3.76. The molecule has 0 saturated carbocycles. The van der Waals surface area contributed by atoms with E-state index in [4.69, 9.17) is 5.11 Å². The van der Waals surface area contributed by atoms with Gasteiger partial charge in [-0.1, -0.05) is 15.9 Å². The molecule has 0 aliphatic heterocycles. The number of anilines is 1. The molecule has 0 unspecified atom stereocenters. The lowest BCUT2D eigenvalue weighted by Crippen LogP contribution is -2.38. The number of aliphatic carboxylic acids is 1. The van der Waals surface area contributed by atoms with E-state index < -0.39 is 41.5 Å². The summed E-state index contributed by atoms with van der Waals surface area (Å²) in [5.74, 6) is -1.52. The molecule has 20 heavy (non-hydrogen) atoms. The van der Waals surface area contributed by atoms with Crippen molar-refractivity contribution in [2.24, 2.45) is 0 Å².